The van der Waals surface area contributed by atoms with Gasteiger partial charge in [0.1, 0.15) is 27.7 Å². The van der Waals surface area contributed by atoms with E-state index in [0.29, 0.717) is 47.7 Å². The van der Waals surface area contributed by atoms with Crippen molar-refractivity contribution in [2.45, 2.75) is 85.7 Å². The normalized spacial score (nSPS) is 17.1. The SMILES string of the molecule is Cc1ccc([C@@H](CN2CCN(C(=O)OC(C)(C)C)[C@H](C)C2)Oc2cc(C)c(Br)nc2NC(=O)OC(C)(C)C)cc1F. The van der Waals surface area contributed by atoms with Gasteiger partial charge in [-0.25, -0.2) is 19.0 Å². The Morgan fingerprint density at radius 1 is 1.07 bits per heavy atom. The Balaban J connectivity index is 1.87. The molecule has 2 atom stereocenters. The monoisotopic (exact) mass is 636 g/mol. The van der Waals surface area contributed by atoms with Gasteiger partial charge in [0.15, 0.2) is 11.6 Å². The molecule has 11 heteroatoms. The third kappa shape index (κ3) is 9.56. The van der Waals surface area contributed by atoms with Gasteiger partial charge in [0, 0.05) is 32.2 Å². The van der Waals surface area contributed by atoms with E-state index in [4.69, 9.17) is 14.2 Å². The molecule has 1 aliphatic rings. The topological polar surface area (TPSA) is 93.2 Å². The predicted octanol–water partition coefficient (Wildman–Crippen LogP) is 7.01. The minimum atomic E-state index is -0.701. The molecule has 2 aromatic rings. The van der Waals surface area contributed by atoms with E-state index in [9.17, 15) is 14.0 Å². The molecule has 1 aliphatic heterocycles. The van der Waals surface area contributed by atoms with Crippen LogP contribution in [0.1, 0.15) is 71.3 Å². The zero-order valence-corrected chi connectivity index (χ0v) is 27.0. The number of nitrogens with one attached hydrogen (secondary N) is 1. The van der Waals surface area contributed by atoms with Crippen LogP contribution in [0.15, 0.2) is 28.9 Å². The van der Waals surface area contributed by atoms with Gasteiger partial charge in [-0.05, 0) is 107 Å². The summed E-state index contributed by atoms with van der Waals surface area (Å²) in [7, 11) is 0. The van der Waals surface area contributed by atoms with Crippen molar-refractivity contribution in [3.63, 3.8) is 0 Å². The summed E-state index contributed by atoms with van der Waals surface area (Å²) in [4.78, 5) is 33.7. The van der Waals surface area contributed by atoms with E-state index in [-0.39, 0.29) is 23.8 Å². The van der Waals surface area contributed by atoms with Gasteiger partial charge >= 0.3 is 12.2 Å². The number of carbonyl (C=O) groups excluding carboxylic acids is 2. The number of carbonyl (C=O) groups is 2. The standard InChI is InChI=1S/C30H42BrFN4O5/c1-18-10-11-21(15-22(18)32)24(17-35-12-13-36(20(3)16-35)28(38)41-30(7,8)9)39-23-14-19(2)25(31)33-26(23)34-27(37)40-29(4,5)6/h10-11,14-15,20,24H,12-13,16-17H2,1-9H3,(H,33,34,37)/t20-,24-/m1/s1. The van der Waals surface area contributed by atoms with Crippen molar-refractivity contribution in [1.82, 2.24) is 14.8 Å². The van der Waals surface area contributed by atoms with Crippen molar-refractivity contribution in [3.8, 4) is 5.75 Å². The summed E-state index contributed by atoms with van der Waals surface area (Å²) in [6, 6.07) is 6.69. The highest BCUT2D eigenvalue weighted by atomic mass is 79.9. The van der Waals surface area contributed by atoms with Gasteiger partial charge in [-0.3, -0.25) is 10.2 Å². The average Bonchev–Trinajstić information content (AvgIpc) is 2.81. The van der Waals surface area contributed by atoms with E-state index in [1.165, 1.54) is 6.07 Å². The van der Waals surface area contributed by atoms with E-state index < -0.39 is 23.4 Å². The fraction of sp³-hybridized carbons (Fsp3) is 0.567. The summed E-state index contributed by atoms with van der Waals surface area (Å²) in [6.07, 6.45) is -1.62. The molecule has 0 radical (unpaired) electrons. The van der Waals surface area contributed by atoms with E-state index in [0.717, 1.165) is 5.56 Å². The maximum Gasteiger partial charge on any atom is 0.413 e. The lowest BCUT2D eigenvalue weighted by Gasteiger charge is -2.41. The molecule has 0 aliphatic carbocycles. The van der Waals surface area contributed by atoms with Crippen LogP contribution in [0.25, 0.3) is 0 Å². The number of ether oxygens (including phenoxy) is 3. The van der Waals surface area contributed by atoms with Crippen LogP contribution in [0.4, 0.5) is 19.8 Å². The number of anilines is 1. The van der Waals surface area contributed by atoms with Gasteiger partial charge in [0.25, 0.3) is 0 Å². The molecule has 41 heavy (non-hydrogen) atoms. The van der Waals surface area contributed by atoms with Crippen molar-refractivity contribution in [2.24, 2.45) is 0 Å². The van der Waals surface area contributed by atoms with E-state index in [2.05, 4.69) is 31.1 Å². The Hall–Kier alpha value is -2.92. The lowest BCUT2D eigenvalue weighted by molar-refractivity contribution is -0.00302. The third-order valence-electron chi connectivity index (χ3n) is 6.34. The van der Waals surface area contributed by atoms with Crippen LogP contribution in [0, 0.1) is 19.7 Å². The van der Waals surface area contributed by atoms with Crippen molar-refractivity contribution in [1.29, 1.82) is 0 Å². The van der Waals surface area contributed by atoms with E-state index >= 15 is 0 Å². The molecular weight excluding hydrogens is 595 g/mol. The molecule has 226 valence electrons. The van der Waals surface area contributed by atoms with Crippen LogP contribution in [0.3, 0.4) is 0 Å². The number of rotatable bonds is 6. The zero-order valence-electron chi connectivity index (χ0n) is 25.4. The first-order chi connectivity index (χ1) is 18.9. The number of hydrogen-bond donors (Lipinski definition) is 1. The number of benzene rings is 1. The first-order valence-corrected chi connectivity index (χ1v) is 14.5. The smallest absolute Gasteiger partial charge is 0.413 e. The van der Waals surface area contributed by atoms with Gasteiger partial charge in [-0.15, -0.1) is 0 Å². The Bertz CT molecular complexity index is 1260. The zero-order chi connectivity index (χ0) is 30.7. The lowest BCUT2D eigenvalue weighted by atomic mass is 10.0. The molecule has 0 unspecified atom stereocenters. The number of nitrogens with zero attached hydrogens (tertiary/aromatic N) is 3. The third-order valence-corrected chi connectivity index (χ3v) is 7.14. The van der Waals surface area contributed by atoms with Crippen LogP contribution in [-0.2, 0) is 9.47 Å². The fourth-order valence-electron chi connectivity index (χ4n) is 4.34. The summed E-state index contributed by atoms with van der Waals surface area (Å²) < 4.78 is 32.7. The van der Waals surface area contributed by atoms with Gasteiger partial charge in [0.05, 0.1) is 0 Å². The van der Waals surface area contributed by atoms with Crippen LogP contribution < -0.4 is 10.1 Å². The molecule has 0 spiro atoms. The van der Waals surface area contributed by atoms with Gasteiger partial charge in [0.2, 0.25) is 0 Å². The molecular formula is C30H42BrFN4O5. The molecule has 1 saturated heterocycles. The average molecular weight is 638 g/mol. The maximum atomic E-state index is 14.7. The number of pyridine rings is 1. The van der Waals surface area contributed by atoms with Crippen LogP contribution >= 0.6 is 15.9 Å². The number of hydrogen-bond acceptors (Lipinski definition) is 7. The molecule has 0 bridgehead atoms. The summed E-state index contributed by atoms with van der Waals surface area (Å²) in [5.74, 6) is 0.164. The first-order valence-electron chi connectivity index (χ1n) is 13.7. The van der Waals surface area contributed by atoms with Crippen molar-refractivity contribution in [2.75, 3.05) is 31.5 Å². The Morgan fingerprint density at radius 2 is 1.73 bits per heavy atom. The van der Waals surface area contributed by atoms with Gasteiger partial charge in [-0.2, -0.15) is 0 Å². The highest BCUT2D eigenvalue weighted by Gasteiger charge is 2.32. The second-order valence-electron chi connectivity index (χ2n) is 12.5. The Kier molecular flexibility index (Phi) is 10.3. The van der Waals surface area contributed by atoms with Crippen LogP contribution in [0.2, 0.25) is 0 Å². The minimum absolute atomic E-state index is 0.102. The van der Waals surface area contributed by atoms with Crippen molar-refractivity contribution in [3.05, 3.63) is 51.4 Å². The molecule has 1 N–H and O–H groups in total. The summed E-state index contributed by atoms with van der Waals surface area (Å²) in [6.45, 7) is 18.4. The first kappa shape index (κ1) is 32.6. The summed E-state index contributed by atoms with van der Waals surface area (Å²) in [5, 5.41) is 2.69. The largest absolute Gasteiger partial charge is 0.480 e. The highest BCUT2D eigenvalue weighted by Crippen LogP contribution is 2.33. The molecule has 0 saturated carbocycles. The second kappa shape index (κ2) is 12.9. The molecule has 1 aromatic heterocycles. The molecule has 9 nitrogen and oxygen atoms in total. The van der Waals surface area contributed by atoms with Crippen LogP contribution in [0.5, 0.6) is 5.75 Å². The minimum Gasteiger partial charge on any atom is -0.480 e. The molecule has 1 fully saturated rings. The molecule has 2 amide bonds. The second-order valence-corrected chi connectivity index (χ2v) is 13.2. The molecule has 1 aromatic carbocycles. The van der Waals surface area contributed by atoms with Crippen LogP contribution in [-0.4, -0.2) is 70.4 Å². The maximum absolute atomic E-state index is 14.7. The molecule has 2 heterocycles. The Morgan fingerprint density at radius 3 is 2.32 bits per heavy atom. The van der Waals surface area contributed by atoms with Gasteiger partial charge < -0.3 is 19.1 Å². The summed E-state index contributed by atoms with van der Waals surface area (Å²) >= 11 is 3.42. The van der Waals surface area contributed by atoms with Gasteiger partial charge in [-0.1, -0.05) is 12.1 Å². The number of halogens is 2. The summed E-state index contributed by atoms with van der Waals surface area (Å²) in [5.41, 5.74) is 0.681. The lowest BCUT2D eigenvalue weighted by Crippen LogP contribution is -2.55. The Labute approximate surface area is 250 Å². The molecule has 3 rings (SSSR count). The van der Waals surface area contributed by atoms with Crippen molar-refractivity contribution >= 4 is 33.9 Å². The van der Waals surface area contributed by atoms with E-state index in [1.54, 1.807) is 44.7 Å². The predicted molar refractivity (Wildman–Crippen MR) is 160 cm³/mol. The quantitative estimate of drug-likeness (QED) is 0.341. The van der Waals surface area contributed by atoms with E-state index in [1.807, 2.05) is 40.7 Å². The van der Waals surface area contributed by atoms with Crippen molar-refractivity contribution < 1.29 is 28.2 Å². The number of aryl methyl sites for hydroxylation is 2. The fourth-order valence-corrected chi connectivity index (χ4v) is 4.64. The number of amides is 2. The number of aromatic nitrogens is 1. The number of piperazine rings is 1. The highest BCUT2D eigenvalue weighted by molar-refractivity contribution is 9.10.